The predicted octanol–water partition coefficient (Wildman–Crippen LogP) is 3.24. The molecule has 0 atom stereocenters. The molecule has 1 aromatic carbocycles. The number of rotatable bonds is 4. The molecule has 1 aromatic heterocycles. The second kappa shape index (κ2) is 7.69. The normalized spacial score (nSPS) is 18.3. The van der Waals surface area contributed by atoms with Crippen LogP contribution in [-0.4, -0.2) is 40.7 Å². The number of benzene rings is 1. The van der Waals surface area contributed by atoms with Crippen LogP contribution in [0.3, 0.4) is 0 Å². The Bertz CT molecular complexity index is 833. The summed E-state index contributed by atoms with van der Waals surface area (Å²) in [5, 5.41) is 3.18. The fraction of sp³-hybridized carbons (Fsp3) is 0.455. The lowest BCUT2D eigenvalue weighted by Gasteiger charge is -2.32. The second-order valence-corrected chi connectivity index (χ2v) is 7.76. The third kappa shape index (κ3) is 3.83. The lowest BCUT2D eigenvalue weighted by molar-refractivity contribution is 0.0903. The maximum Gasteiger partial charge on any atom is 0.268 e. The van der Waals surface area contributed by atoms with E-state index in [4.69, 9.17) is 0 Å². The van der Waals surface area contributed by atoms with E-state index >= 15 is 0 Å². The van der Waals surface area contributed by atoms with Gasteiger partial charge in [-0.1, -0.05) is 30.3 Å². The van der Waals surface area contributed by atoms with E-state index < -0.39 is 0 Å². The summed E-state index contributed by atoms with van der Waals surface area (Å²) in [6.07, 6.45) is 4.22. The topological polar surface area (TPSA) is 65.2 Å². The molecule has 5 nitrogen and oxygen atoms in total. The first-order valence-corrected chi connectivity index (χ1v) is 9.93. The zero-order chi connectivity index (χ0) is 18.8. The van der Waals surface area contributed by atoms with Crippen LogP contribution in [0.25, 0.3) is 0 Å². The molecule has 1 saturated heterocycles. The first kappa shape index (κ1) is 18.0. The first-order chi connectivity index (χ1) is 13.1. The number of aromatic nitrogens is 1. The molecule has 2 heterocycles. The van der Waals surface area contributed by atoms with Crippen LogP contribution >= 0.6 is 0 Å². The Morgan fingerprint density at radius 3 is 2.63 bits per heavy atom. The molecule has 4 rings (SSSR count). The molecule has 142 valence electrons. The minimum absolute atomic E-state index is 0.0730. The molecule has 1 amide bonds. The highest BCUT2D eigenvalue weighted by atomic mass is 16.2. The van der Waals surface area contributed by atoms with E-state index in [0.29, 0.717) is 12.1 Å². The molecule has 2 aliphatic rings. The summed E-state index contributed by atoms with van der Waals surface area (Å²) in [6.45, 7) is 4.82. The Kier molecular flexibility index (Phi) is 5.12. The summed E-state index contributed by atoms with van der Waals surface area (Å²) >= 11 is 0. The number of ketones is 1. The molecule has 27 heavy (non-hydrogen) atoms. The Morgan fingerprint density at radius 1 is 1.19 bits per heavy atom. The number of nitrogens with one attached hydrogen (secondary N) is 2. The molecule has 0 unspecified atom stereocenters. The van der Waals surface area contributed by atoms with Crippen LogP contribution in [0.5, 0.6) is 0 Å². The van der Waals surface area contributed by atoms with E-state index in [2.05, 4.69) is 39.5 Å². The number of carbonyl (C=O) groups excluding carboxylic acids is 2. The maximum atomic E-state index is 12.8. The summed E-state index contributed by atoms with van der Waals surface area (Å²) in [7, 11) is 0. The number of nitrogens with zero attached hydrogens (tertiary/aromatic N) is 1. The number of aryl methyl sites for hydroxylation is 1. The van der Waals surface area contributed by atoms with Crippen molar-refractivity contribution in [2.45, 2.75) is 51.6 Å². The lowest BCUT2D eigenvalue weighted by Crippen LogP contribution is -2.44. The van der Waals surface area contributed by atoms with Gasteiger partial charge in [-0.3, -0.25) is 14.5 Å². The van der Waals surface area contributed by atoms with Crippen LogP contribution in [-0.2, 0) is 13.0 Å². The molecule has 5 heteroatoms. The molecule has 0 saturated carbocycles. The Morgan fingerprint density at radius 2 is 1.93 bits per heavy atom. The van der Waals surface area contributed by atoms with Gasteiger partial charge in [0.05, 0.1) is 0 Å². The van der Waals surface area contributed by atoms with E-state index in [-0.39, 0.29) is 17.7 Å². The van der Waals surface area contributed by atoms with Gasteiger partial charge in [0.25, 0.3) is 5.91 Å². The highest BCUT2D eigenvalue weighted by molar-refractivity contribution is 6.04. The van der Waals surface area contributed by atoms with Crippen molar-refractivity contribution in [1.82, 2.24) is 15.2 Å². The minimum atomic E-state index is -0.0730. The standard InChI is InChI=1S/C22H27N3O2/c1-15-20-18(8-5-9-19(20)26)24-21(15)22(27)23-17-10-12-25(13-11-17)14-16-6-3-2-4-7-16/h2-4,6-7,17,24H,5,8-14H2,1H3,(H,23,27). The van der Waals surface area contributed by atoms with Crippen molar-refractivity contribution >= 4 is 11.7 Å². The summed E-state index contributed by atoms with van der Waals surface area (Å²) in [5.41, 5.74) is 4.41. The van der Waals surface area contributed by atoms with Crippen molar-refractivity contribution in [1.29, 1.82) is 0 Å². The average Bonchev–Trinajstić information content (AvgIpc) is 3.02. The van der Waals surface area contributed by atoms with E-state index in [1.165, 1.54) is 5.56 Å². The van der Waals surface area contributed by atoms with Gasteiger partial charge in [-0.15, -0.1) is 0 Å². The Hall–Kier alpha value is -2.40. The predicted molar refractivity (Wildman–Crippen MR) is 105 cm³/mol. The number of piperidine rings is 1. The van der Waals surface area contributed by atoms with Crippen molar-refractivity contribution < 1.29 is 9.59 Å². The summed E-state index contributed by atoms with van der Waals surface area (Å²) in [5.74, 6) is 0.0921. The van der Waals surface area contributed by atoms with Gasteiger partial charge < -0.3 is 10.3 Å². The number of aromatic amines is 1. The number of carbonyl (C=O) groups is 2. The molecular weight excluding hydrogens is 338 g/mol. The summed E-state index contributed by atoms with van der Waals surface area (Å²) < 4.78 is 0. The monoisotopic (exact) mass is 365 g/mol. The third-order valence-electron chi connectivity index (χ3n) is 5.84. The molecule has 0 bridgehead atoms. The van der Waals surface area contributed by atoms with Gasteiger partial charge in [-0.2, -0.15) is 0 Å². The van der Waals surface area contributed by atoms with Gasteiger partial charge in [0.2, 0.25) is 0 Å². The zero-order valence-corrected chi connectivity index (χ0v) is 15.9. The van der Waals surface area contributed by atoms with Gasteiger partial charge in [-0.25, -0.2) is 0 Å². The van der Waals surface area contributed by atoms with E-state index in [0.717, 1.165) is 62.1 Å². The number of H-pyrrole nitrogens is 1. The summed E-state index contributed by atoms with van der Waals surface area (Å²) in [4.78, 5) is 30.6. The van der Waals surface area contributed by atoms with Crippen LogP contribution in [0.2, 0.25) is 0 Å². The molecule has 1 fully saturated rings. The number of hydrogen-bond donors (Lipinski definition) is 2. The van der Waals surface area contributed by atoms with Crippen LogP contribution < -0.4 is 5.32 Å². The van der Waals surface area contributed by atoms with Gasteiger partial charge in [0, 0.05) is 43.4 Å². The van der Waals surface area contributed by atoms with Gasteiger partial charge >= 0.3 is 0 Å². The van der Waals surface area contributed by atoms with Crippen molar-refractivity contribution in [3.05, 3.63) is 58.4 Å². The van der Waals surface area contributed by atoms with E-state index in [9.17, 15) is 9.59 Å². The fourth-order valence-electron chi connectivity index (χ4n) is 4.34. The van der Waals surface area contributed by atoms with Gasteiger partial charge in [0.1, 0.15) is 5.69 Å². The van der Waals surface area contributed by atoms with Crippen molar-refractivity contribution in [2.75, 3.05) is 13.1 Å². The average molecular weight is 365 g/mol. The lowest BCUT2D eigenvalue weighted by atomic mass is 9.93. The molecule has 0 spiro atoms. The highest BCUT2D eigenvalue weighted by Crippen LogP contribution is 2.26. The summed E-state index contributed by atoms with van der Waals surface area (Å²) in [6, 6.07) is 10.7. The molecule has 1 aliphatic carbocycles. The first-order valence-electron chi connectivity index (χ1n) is 9.93. The number of amides is 1. The zero-order valence-electron chi connectivity index (χ0n) is 15.9. The molecular formula is C22H27N3O2. The number of hydrogen-bond acceptors (Lipinski definition) is 3. The molecule has 2 N–H and O–H groups in total. The third-order valence-corrected chi connectivity index (χ3v) is 5.84. The van der Waals surface area contributed by atoms with Crippen molar-refractivity contribution in [2.24, 2.45) is 0 Å². The molecule has 2 aromatic rings. The molecule has 1 aliphatic heterocycles. The maximum absolute atomic E-state index is 12.8. The molecule has 0 radical (unpaired) electrons. The quantitative estimate of drug-likeness (QED) is 0.874. The number of likely N-dealkylation sites (tertiary alicyclic amines) is 1. The van der Waals surface area contributed by atoms with E-state index in [1.54, 1.807) is 0 Å². The van der Waals surface area contributed by atoms with Crippen LogP contribution in [0, 0.1) is 6.92 Å². The number of fused-ring (bicyclic) bond motifs is 1. The minimum Gasteiger partial charge on any atom is -0.354 e. The van der Waals surface area contributed by atoms with Gasteiger partial charge in [-0.05, 0) is 43.7 Å². The van der Waals surface area contributed by atoms with Crippen LogP contribution in [0.4, 0.5) is 0 Å². The highest BCUT2D eigenvalue weighted by Gasteiger charge is 2.28. The smallest absolute Gasteiger partial charge is 0.268 e. The number of Topliss-reactive ketones (excluding diaryl/α,β-unsaturated/α-hetero) is 1. The Labute approximate surface area is 160 Å². The fourth-order valence-corrected chi connectivity index (χ4v) is 4.34. The van der Waals surface area contributed by atoms with Crippen molar-refractivity contribution in [3.63, 3.8) is 0 Å². The van der Waals surface area contributed by atoms with E-state index in [1.807, 2.05) is 13.0 Å². The van der Waals surface area contributed by atoms with Gasteiger partial charge in [0.15, 0.2) is 5.78 Å². The SMILES string of the molecule is Cc1c(C(=O)NC2CCN(Cc3ccccc3)CC2)[nH]c2c1C(=O)CCC2. The van der Waals surface area contributed by atoms with Crippen LogP contribution in [0.1, 0.15) is 63.4 Å². The van der Waals surface area contributed by atoms with Crippen LogP contribution in [0.15, 0.2) is 30.3 Å². The second-order valence-electron chi connectivity index (χ2n) is 7.76. The largest absolute Gasteiger partial charge is 0.354 e. The van der Waals surface area contributed by atoms with Crippen molar-refractivity contribution in [3.8, 4) is 0 Å². The Balaban J connectivity index is 1.34.